The van der Waals surface area contributed by atoms with Crippen molar-refractivity contribution >= 4 is 11.8 Å². The summed E-state index contributed by atoms with van der Waals surface area (Å²) >= 11 is 0. The Morgan fingerprint density at radius 3 is 3.00 bits per heavy atom. The quantitative estimate of drug-likeness (QED) is 0.765. The Morgan fingerprint density at radius 2 is 2.35 bits per heavy atom. The summed E-state index contributed by atoms with van der Waals surface area (Å²) in [5, 5.41) is 6.90. The van der Waals surface area contributed by atoms with Crippen LogP contribution in [0.25, 0.3) is 0 Å². The molecule has 1 aliphatic rings. The van der Waals surface area contributed by atoms with Gasteiger partial charge in [-0.3, -0.25) is 14.3 Å². The molecule has 2 rings (SSSR count). The van der Waals surface area contributed by atoms with Crippen LogP contribution in [-0.4, -0.2) is 52.7 Å². The standard InChI is InChI=1S/C13H21N5O2/c1-17-8-4-11(16-17)13(20)18-7-2-3-10(9-18)12(19)15-6-5-14/h4,8,10H,2-3,5-7,9,14H2,1H3,(H,15,19). The predicted molar refractivity (Wildman–Crippen MR) is 73.9 cm³/mol. The van der Waals surface area contributed by atoms with E-state index in [1.165, 1.54) is 0 Å². The van der Waals surface area contributed by atoms with E-state index in [0.29, 0.717) is 31.9 Å². The Bertz CT molecular complexity index is 485. The summed E-state index contributed by atoms with van der Waals surface area (Å²) in [5.41, 5.74) is 5.80. The normalized spacial score (nSPS) is 18.9. The van der Waals surface area contributed by atoms with Crippen LogP contribution in [0.1, 0.15) is 23.3 Å². The Balaban J connectivity index is 1.96. The lowest BCUT2D eigenvalue weighted by Crippen LogP contribution is -2.46. The molecule has 7 nitrogen and oxygen atoms in total. The first kappa shape index (κ1) is 14.5. The van der Waals surface area contributed by atoms with Gasteiger partial charge in [0.05, 0.1) is 5.92 Å². The van der Waals surface area contributed by atoms with Crippen molar-refractivity contribution in [3.63, 3.8) is 0 Å². The average molecular weight is 279 g/mol. The van der Waals surface area contributed by atoms with Gasteiger partial charge in [-0.2, -0.15) is 5.10 Å². The second-order valence-corrected chi connectivity index (χ2v) is 5.04. The van der Waals surface area contributed by atoms with Gasteiger partial charge in [0, 0.05) is 39.4 Å². The minimum absolute atomic E-state index is 0.0195. The number of likely N-dealkylation sites (tertiary alicyclic amines) is 1. The van der Waals surface area contributed by atoms with Crippen LogP contribution in [-0.2, 0) is 11.8 Å². The van der Waals surface area contributed by atoms with Crippen molar-refractivity contribution in [1.29, 1.82) is 0 Å². The summed E-state index contributed by atoms with van der Waals surface area (Å²) < 4.78 is 1.60. The van der Waals surface area contributed by atoms with E-state index in [1.54, 1.807) is 28.9 Å². The molecule has 1 fully saturated rings. The number of carbonyl (C=O) groups excluding carboxylic acids is 2. The first-order chi connectivity index (χ1) is 9.61. The first-order valence-corrected chi connectivity index (χ1v) is 6.88. The number of hydrogen-bond acceptors (Lipinski definition) is 4. The molecule has 1 aromatic rings. The Labute approximate surface area is 118 Å². The van der Waals surface area contributed by atoms with Gasteiger partial charge in [0.1, 0.15) is 5.69 Å². The SMILES string of the molecule is Cn1ccc(C(=O)N2CCCC(C(=O)NCCN)C2)n1. The van der Waals surface area contributed by atoms with Crippen LogP contribution in [0.15, 0.2) is 12.3 Å². The van der Waals surface area contributed by atoms with E-state index in [9.17, 15) is 9.59 Å². The van der Waals surface area contributed by atoms with Gasteiger partial charge in [0.15, 0.2) is 0 Å². The molecule has 2 heterocycles. The third-order valence-electron chi connectivity index (χ3n) is 3.46. The fourth-order valence-electron chi connectivity index (χ4n) is 2.41. The smallest absolute Gasteiger partial charge is 0.274 e. The van der Waals surface area contributed by atoms with Crippen molar-refractivity contribution in [2.24, 2.45) is 18.7 Å². The van der Waals surface area contributed by atoms with Crippen molar-refractivity contribution in [3.05, 3.63) is 18.0 Å². The molecule has 0 radical (unpaired) electrons. The maximum atomic E-state index is 12.3. The number of hydrogen-bond donors (Lipinski definition) is 2. The van der Waals surface area contributed by atoms with E-state index in [4.69, 9.17) is 5.73 Å². The summed E-state index contributed by atoms with van der Waals surface area (Å²) in [7, 11) is 1.77. The molecule has 110 valence electrons. The van der Waals surface area contributed by atoms with Gasteiger partial charge in [-0.25, -0.2) is 0 Å². The molecule has 1 unspecified atom stereocenters. The minimum Gasteiger partial charge on any atom is -0.355 e. The van der Waals surface area contributed by atoms with Crippen LogP contribution in [0.2, 0.25) is 0 Å². The molecule has 1 saturated heterocycles. The van der Waals surface area contributed by atoms with Crippen LogP contribution in [0.4, 0.5) is 0 Å². The van der Waals surface area contributed by atoms with Gasteiger partial charge in [0.2, 0.25) is 5.91 Å². The number of nitrogens with one attached hydrogen (secondary N) is 1. The van der Waals surface area contributed by atoms with Gasteiger partial charge in [-0.15, -0.1) is 0 Å². The van der Waals surface area contributed by atoms with Crippen molar-refractivity contribution in [2.45, 2.75) is 12.8 Å². The van der Waals surface area contributed by atoms with Gasteiger partial charge in [-0.1, -0.05) is 0 Å². The average Bonchev–Trinajstić information content (AvgIpc) is 2.90. The second-order valence-electron chi connectivity index (χ2n) is 5.04. The van der Waals surface area contributed by atoms with E-state index in [0.717, 1.165) is 12.8 Å². The van der Waals surface area contributed by atoms with Crippen molar-refractivity contribution in [3.8, 4) is 0 Å². The van der Waals surface area contributed by atoms with Crippen LogP contribution in [0, 0.1) is 5.92 Å². The zero-order chi connectivity index (χ0) is 14.5. The van der Waals surface area contributed by atoms with Crippen LogP contribution in [0.3, 0.4) is 0 Å². The molecule has 2 amide bonds. The molecule has 7 heteroatoms. The number of amides is 2. The predicted octanol–water partition coefficient (Wildman–Crippen LogP) is -0.653. The fraction of sp³-hybridized carbons (Fsp3) is 0.615. The summed E-state index contributed by atoms with van der Waals surface area (Å²) in [6, 6.07) is 1.69. The number of carbonyl (C=O) groups is 2. The third kappa shape index (κ3) is 3.36. The van der Waals surface area contributed by atoms with E-state index in [2.05, 4.69) is 10.4 Å². The maximum Gasteiger partial charge on any atom is 0.274 e. The lowest BCUT2D eigenvalue weighted by atomic mass is 9.97. The molecule has 0 saturated carbocycles. The largest absolute Gasteiger partial charge is 0.355 e. The zero-order valence-corrected chi connectivity index (χ0v) is 11.7. The topological polar surface area (TPSA) is 93.2 Å². The molecule has 20 heavy (non-hydrogen) atoms. The molecule has 1 atom stereocenters. The number of nitrogens with zero attached hydrogens (tertiary/aromatic N) is 3. The lowest BCUT2D eigenvalue weighted by molar-refractivity contribution is -0.126. The number of rotatable bonds is 4. The maximum absolute atomic E-state index is 12.3. The van der Waals surface area contributed by atoms with Crippen LogP contribution < -0.4 is 11.1 Å². The summed E-state index contributed by atoms with van der Waals surface area (Å²) in [6.07, 6.45) is 3.38. The molecular formula is C13H21N5O2. The highest BCUT2D eigenvalue weighted by Gasteiger charge is 2.29. The number of piperidine rings is 1. The summed E-state index contributed by atoms with van der Waals surface area (Å²) in [6.45, 7) is 2.03. The van der Waals surface area contributed by atoms with Crippen molar-refractivity contribution in [2.75, 3.05) is 26.2 Å². The molecule has 1 aliphatic heterocycles. The number of nitrogens with two attached hydrogens (primary N) is 1. The Morgan fingerprint density at radius 1 is 1.55 bits per heavy atom. The van der Waals surface area contributed by atoms with Crippen LogP contribution in [0.5, 0.6) is 0 Å². The fourth-order valence-corrected chi connectivity index (χ4v) is 2.41. The van der Waals surface area contributed by atoms with Gasteiger partial charge >= 0.3 is 0 Å². The molecule has 1 aromatic heterocycles. The third-order valence-corrected chi connectivity index (χ3v) is 3.46. The Kier molecular flexibility index (Phi) is 4.73. The van der Waals surface area contributed by atoms with Crippen LogP contribution >= 0.6 is 0 Å². The van der Waals surface area contributed by atoms with Crippen molar-refractivity contribution < 1.29 is 9.59 Å². The highest BCUT2D eigenvalue weighted by atomic mass is 16.2. The summed E-state index contributed by atoms with van der Waals surface area (Å²) in [5.74, 6) is -0.279. The lowest BCUT2D eigenvalue weighted by Gasteiger charge is -2.31. The van der Waals surface area contributed by atoms with E-state index in [1.807, 2.05) is 0 Å². The molecule has 0 aromatic carbocycles. The number of aromatic nitrogens is 2. The molecule has 0 bridgehead atoms. The summed E-state index contributed by atoms with van der Waals surface area (Å²) in [4.78, 5) is 25.9. The van der Waals surface area contributed by atoms with Crippen molar-refractivity contribution in [1.82, 2.24) is 20.0 Å². The van der Waals surface area contributed by atoms with E-state index < -0.39 is 0 Å². The van der Waals surface area contributed by atoms with Gasteiger partial charge in [0.25, 0.3) is 5.91 Å². The molecule has 3 N–H and O–H groups in total. The highest BCUT2D eigenvalue weighted by Crippen LogP contribution is 2.18. The highest BCUT2D eigenvalue weighted by molar-refractivity contribution is 5.92. The van der Waals surface area contributed by atoms with Gasteiger partial charge in [-0.05, 0) is 18.9 Å². The van der Waals surface area contributed by atoms with E-state index >= 15 is 0 Å². The second kappa shape index (κ2) is 6.51. The number of aryl methyl sites for hydroxylation is 1. The van der Waals surface area contributed by atoms with E-state index in [-0.39, 0.29) is 17.7 Å². The first-order valence-electron chi connectivity index (χ1n) is 6.88. The minimum atomic E-state index is -0.150. The monoisotopic (exact) mass is 279 g/mol. The molecular weight excluding hydrogens is 258 g/mol. The molecule has 0 spiro atoms. The van der Waals surface area contributed by atoms with Gasteiger partial charge < -0.3 is 16.0 Å². The zero-order valence-electron chi connectivity index (χ0n) is 11.7. The molecule has 0 aliphatic carbocycles. The Hall–Kier alpha value is -1.89.